The molecule has 59 heavy (non-hydrogen) atoms. The molecule has 0 aromatic heterocycles. The maximum absolute atomic E-state index is 14.2. The summed E-state index contributed by atoms with van der Waals surface area (Å²) in [4.78, 5) is 98.9. The summed E-state index contributed by atoms with van der Waals surface area (Å²) in [5, 5.41) is 29.9. The van der Waals surface area contributed by atoms with Crippen LogP contribution in [0.1, 0.15) is 117 Å². The van der Waals surface area contributed by atoms with Gasteiger partial charge in [-0.25, -0.2) is 0 Å². The second kappa shape index (κ2) is 27.4. The lowest BCUT2D eigenvalue weighted by molar-refractivity contribution is -0.135. The Bertz CT molecular complexity index is 1540. The van der Waals surface area contributed by atoms with Crippen molar-refractivity contribution in [3.8, 4) is 0 Å². The normalized spacial score (nSPS) is 22.3. The average Bonchev–Trinajstić information content (AvgIpc) is 3.18. The summed E-state index contributed by atoms with van der Waals surface area (Å²) in [5.41, 5.74) is 11.7. The van der Waals surface area contributed by atoms with Crippen molar-refractivity contribution in [2.75, 3.05) is 13.1 Å². The first-order valence-electron chi connectivity index (χ1n) is 21.0. The number of guanidine groups is 1. The van der Waals surface area contributed by atoms with Crippen LogP contribution in [-0.4, -0.2) is 108 Å². The first kappa shape index (κ1) is 49.9. The van der Waals surface area contributed by atoms with E-state index in [0.29, 0.717) is 25.7 Å². The first-order valence-corrected chi connectivity index (χ1v) is 21.0. The van der Waals surface area contributed by atoms with Gasteiger partial charge < -0.3 is 53.8 Å². The van der Waals surface area contributed by atoms with Crippen LogP contribution in [0.2, 0.25) is 0 Å². The fraction of sp³-hybridized carbons (Fsp3) is 0.659. The molecular formula is C41H68N10O8. The van der Waals surface area contributed by atoms with E-state index in [1.807, 2.05) is 19.9 Å². The van der Waals surface area contributed by atoms with Gasteiger partial charge in [-0.3, -0.25) is 38.6 Å². The van der Waals surface area contributed by atoms with Gasteiger partial charge in [-0.05, 0) is 51.0 Å². The third-order valence-electron chi connectivity index (χ3n) is 9.99. The van der Waals surface area contributed by atoms with E-state index in [-0.39, 0.29) is 57.6 Å². The molecule has 1 aliphatic heterocycles. The van der Waals surface area contributed by atoms with Gasteiger partial charge >= 0.3 is 0 Å². The van der Waals surface area contributed by atoms with Crippen LogP contribution in [0, 0.1) is 0 Å². The Morgan fingerprint density at radius 2 is 1.42 bits per heavy atom. The molecule has 1 aliphatic rings. The number of hydrogen-bond donors (Lipinski definition) is 10. The van der Waals surface area contributed by atoms with Crippen molar-refractivity contribution in [1.82, 2.24) is 37.2 Å². The lowest BCUT2D eigenvalue weighted by Crippen LogP contribution is -2.60. The summed E-state index contributed by atoms with van der Waals surface area (Å²) >= 11 is 0. The van der Waals surface area contributed by atoms with Crippen LogP contribution in [-0.2, 0) is 40.0 Å². The molecule has 1 aromatic rings. The number of nitrogens with two attached hydrogens (primary N) is 2. The number of aliphatic hydroxyl groups excluding tert-OH is 1. The summed E-state index contributed by atoms with van der Waals surface area (Å²) < 4.78 is 0. The Balaban J connectivity index is 2.60. The predicted octanol–water partition coefficient (Wildman–Crippen LogP) is 0.0529. The molecule has 0 radical (unpaired) electrons. The monoisotopic (exact) mass is 829 g/mol. The van der Waals surface area contributed by atoms with Gasteiger partial charge in [-0.1, -0.05) is 82.7 Å². The van der Waals surface area contributed by atoms with E-state index in [4.69, 9.17) is 11.5 Å². The van der Waals surface area contributed by atoms with Gasteiger partial charge in [0.05, 0.1) is 12.1 Å². The smallest absolute Gasteiger partial charge is 0.243 e. The molecule has 7 amide bonds. The summed E-state index contributed by atoms with van der Waals surface area (Å²) in [6, 6.07) is 2.48. The van der Waals surface area contributed by atoms with E-state index in [2.05, 4.69) is 42.2 Å². The van der Waals surface area contributed by atoms with E-state index in [0.717, 1.165) is 31.2 Å². The van der Waals surface area contributed by atoms with Gasteiger partial charge in [0.15, 0.2) is 5.96 Å². The Kier molecular flexibility index (Phi) is 23.2. The van der Waals surface area contributed by atoms with Crippen molar-refractivity contribution in [2.45, 2.75) is 160 Å². The number of aliphatic hydroxyl groups is 1. The molecular weight excluding hydrogens is 761 g/mol. The molecule has 0 saturated carbocycles. The van der Waals surface area contributed by atoms with E-state index in [1.54, 1.807) is 24.3 Å². The zero-order chi connectivity index (χ0) is 43.7. The van der Waals surface area contributed by atoms with Gasteiger partial charge in [0.1, 0.15) is 30.2 Å². The van der Waals surface area contributed by atoms with Crippen LogP contribution >= 0.6 is 0 Å². The van der Waals surface area contributed by atoms with Gasteiger partial charge in [-0.15, -0.1) is 0 Å². The molecule has 0 spiro atoms. The Labute approximate surface area is 348 Å². The number of rotatable bonds is 18. The molecule has 0 aliphatic carbocycles. The number of nitrogens with one attached hydrogen (secondary N) is 7. The fourth-order valence-electron chi connectivity index (χ4n) is 6.60. The molecule has 1 aromatic carbocycles. The highest BCUT2D eigenvalue weighted by Gasteiger charge is 2.33. The van der Waals surface area contributed by atoms with Crippen molar-refractivity contribution in [3.63, 3.8) is 0 Å². The minimum Gasteiger partial charge on any atom is -0.391 e. The minimum atomic E-state index is -1.27. The van der Waals surface area contributed by atoms with Gasteiger partial charge in [0.25, 0.3) is 0 Å². The summed E-state index contributed by atoms with van der Waals surface area (Å²) in [5.74, 6) is -4.27. The molecule has 1 heterocycles. The average molecular weight is 829 g/mol. The van der Waals surface area contributed by atoms with Gasteiger partial charge in [0, 0.05) is 32.9 Å². The molecule has 7 atom stereocenters. The van der Waals surface area contributed by atoms with Crippen LogP contribution in [0.3, 0.4) is 0 Å². The molecule has 18 nitrogen and oxygen atoms in total. The SMILES string of the molecule is CCCCCCC1NC(=O)C(NC(=O)C(CCCC)NC(C)=O)CCC(=O)NCCC(C(C)O)NC(=O)C(CCCN=C(N)N)NC(=O)C(Cc2ccccc2)NC1=O. The second-order valence-electron chi connectivity index (χ2n) is 15.2. The lowest BCUT2D eigenvalue weighted by atomic mass is 10.0. The number of carbonyl (C=O) groups is 7. The molecule has 0 bridgehead atoms. The number of amides is 7. The maximum Gasteiger partial charge on any atom is 0.243 e. The molecule has 7 unspecified atom stereocenters. The quantitative estimate of drug-likeness (QED) is 0.0539. The molecule has 1 saturated heterocycles. The highest BCUT2D eigenvalue weighted by molar-refractivity contribution is 5.96. The highest BCUT2D eigenvalue weighted by Crippen LogP contribution is 2.12. The summed E-state index contributed by atoms with van der Waals surface area (Å²) in [6.07, 6.45) is 4.22. The number of unbranched alkanes of at least 4 members (excludes halogenated alkanes) is 4. The number of carbonyl (C=O) groups excluding carboxylic acids is 7. The zero-order valence-electron chi connectivity index (χ0n) is 35.1. The third kappa shape index (κ3) is 19.8. The van der Waals surface area contributed by atoms with Gasteiger partial charge in [0.2, 0.25) is 41.4 Å². The maximum atomic E-state index is 14.2. The topological polar surface area (TPSA) is 288 Å². The van der Waals surface area contributed by atoms with Crippen molar-refractivity contribution in [2.24, 2.45) is 16.5 Å². The van der Waals surface area contributed by atoms with Crippen molar-refractivity contribution >= 4 is 47.3 Å². The molecule has 330 valence electrons. The number of nitrogens with zero attached hydrogens (tertiary/aromatic N) is 1. The van der Waals surface area contributed by atoms with Crippen molar-refractivity contribution < 1.29 is 38.7 Å². The van der Waals surface area contributed by atoms with E-state index in [9.17, 15) is 38.7 Å². The first-order chi connectivity index (χ1) is 28.1. The Morgan fingerprint density at radius 1 is 0.814 bits per heavy atom. The standard InChI is InChI=1S/C41H68N10O8/c1-5-7-9-13-18-31-38(57)51-34(25-28-15-11-10-12-16-28)40(59)49-32(19-14-23-45-41(42)43)37(56)47-29(26(3)52)22-24-44-35(54)21-20-33(39(58)48-31)50-36(55)30(17-8-6-2)46-27(4)53/h10-12,15-16,26,29-34,52H,5-9,13-14,17-25H2,1-4H3,(H,44,54)(H,46,53)(H,47,56)(H,48,58)(H,49,59)(H,50,55)(H,51,57)(H4,42,43,45). The molecule has 12 N–H and O–H groups in total. The highest BCUT2D eigenvalue weighted by atomic mass is 16.3. The van der Waals surface area contributed by atoms with Crippen LogP contribution in [0.25, 0.3) is 0 Å². The Morgan fingerprint density at radius 3 is 2.05 bits per heavy atom. The van der Waals surface area contributed by atoms with Crippen LogP contribution in [0.15, 0.2) is 35.3 Å². The van der Waals surface area contributed by atoms with E-state index < -0.39 is 83.7 Å². The van der Waals surface area contributed by atoms with Crippen LogP contribution in [0.5, 0.6) is 0 Å². The Hall–Kier alpha value is -5.26. The fourth-order valence-corrected chi connectivity index (χ4v) is 6.60. The van der Waals surface area contributed by atoms with Gasteiger partial charge in [-0.2, -0.15) is 0 Å². The second-order valence-corrected chi connectivity index (χ2v) is 15.2. The van der Waals surface area contributed by atoms with E-state index >= 15 is 0 Å². The largest absolute Gasteiger partial charge is 0.391 e. The lowest BCUT2D eigenvalue weighted by Gasteiger charge is -2.28. The van der Waals surface area contributed by atoms with Crippen molar-refractivity contribution in [1.29, 1.82) is 0 Å². The molecule has 1 fully saturated rings. The number of hydrogen-bond acceptors (Lipinski definition) is 9. The summed E-state index contributed by atoms with van der Waals surface area (Å²) in [6.45, 7) is 6.96. The third-order valence-corrected chi connectivity index (χ3v) is 9.99. The van der Waals surface area contributed by atoms with Crippen molar-refractivity contribution in [3.05, 3.63) is 35.9 Å². The number of aliphatic imine (C=N–C) groups is 1. The van der Waals surface area contributed by atoms with Crippen LogP contribution in [0.4, 0.5) is 0 Å². The van der Waals surface area contributed by atoms with E-state index in [1.165, 1.54) is 13.8 Å². The number of benzene rings is 1. The zero-order valence-corrected chi connectivity index (χ0v) is 35.1. The summed E-state index contributed by atoms with van der Waals surface area (Å²) in [7, 11) is 0. The minimum absolute atomic E-state index is 0.0401. The molecule has 2 rings (SSSR count). The predicted molar refractivity (Wildman–Crippen MR) is 224 cm³/mol. The molecule has 18 heteroatoms. The van der Waals surface area contributed by atoms with Crippen LogP contribution < -0.4 is 48.7 Å².